The zero-order valence-corrected chi connectivity index (χ0v) is 28.5. The Balaban J connectivity index is 1.03. The van der Waals surface area contributed by atoms with Gasteiger partial charge in [0.2, 0.25) is 0 Å². The number of fused-ring (bicyclic) bond motifs is 16. The van der Waals surface area contributed by atoms with Gasteiger partial charge in [-0.1, -0.05) is 103 Å². The fourth-order valence-electron chi connectivity index (χ4n) is 9.74. The van der Waals surface area contributed by atoms with E-state index in [0.29, 0.717) is 0 Å². The number of para-hydroxylation sites is 3. The molecule has 0 atom stereocenters. The summed E-state index contributed by atoms with van der Waals surface area (Å²) in [5.41, 5.74) is 14.3. The van der Waals surface area contributed by atoms with E-state index in [9.17, 15) is 0 Å². The molecule has 0 spiro atoms. The number of rotatable bonds is 2. The van der Waals surface area contributed by atoms with Gasteiger partial charge in [-0.25, -0.2) is 0 Å². The number of hydrogen-bond acceptors (Lipinski definition) is 1. The summed E-state index contributed by atoms with van der Waals surface area (Å²) in [5, 5.41) is 12.6. The Bertz CT molecular complexity index is 3550. The second-order valence-electron chi connectivity index (χ2n) is 14.4. The number of nitrogens with zero attached hydrogens (tertiary/aromatic N) is 2. The summed E-state index contributed by atoms with van der Waals surface area (Å²) < 4.78 is 11.1. The van der Waals surface area contributed by atoms with Gasteiger partial charge in [-0.3, -0.25) is 0 Å². The van der Waals surface area contributed by atoms with Crippen molar-refractivity contribution < 1.29 is 4.42 Å². The van der Waals surface area contributed by atoms with Crippen molar-refractivity contribution in [3.05, 3.63) is 170 Å². The number of benzene rings is 9. The van der Waals surface area contributed by atoms with Gasteiger partial charge in [0.25, 0.3) is 0 Å². The minimum atomic E-state index is 0.924. The summed E-state index contributed by atoms with van der Waals surface area (Å²) in [5.74, 6) is 0. The Morgan fingerprint density at radius 3 is 1.64 bits per heavy atom. The zero-order valence-electron chi connectivity index (χ0n) is 28.5. The van der Waals surface area contributed by atoms with Gasteiger partial charge in [-0.15, -0.1) is 0 Å². The van der Waals surface area contributed by atoms with Crippen LogP contribution in [0.5, 0.6) is 0 Å². The number of furan rings is 1. The van der Waals surface area contributed by atoms with E-state index >= 15 is 0 Å². The Kier molecular flexibility index (Phi) is 5.11. The standard InChI is InChI=1S/C50H28N2O/c1-4-16-40-36(11-1)47-33-25-28-45-48(38-13-3-6-18-44(38)53-45)34(33)23-26-42(47)51(40)30-19-21-31(22-20-30)52-41-17-5-2-12-37(41)50-43(52)27-24-35-32-14-7-9-29-10-8-15-39(46(29)32)49(35)50/h1-28H. The van der Waals surface area contributed by atoms with Crippen molar-refractivity contribution in [3.8, 4) is 33.6 Å². The summed E-state index contributed by atoms with van der Waals surface area (Å²) in [7, 11) is 0. The third-order valence-corrected chi connectivity index (χ3v) is 11.8. The Morgan fingerprint density at radius 2 is 0.887 bits per heavy atom. The molecule has 9 aromatic carbocycles. The predicted octanol–water partition coefficient (Wildman–Crippen LogP) is 13.7. The lowest BCUT2D eigenvalue weighted by molar-refractivity contribution is 0.669. The quantitative estimate of drug-likeness (QED) is 0.179. The molecule has 0 unspecified atom stereocenters. The molecule has 0 radical (unpaired) electrons. The first-order valence-electron chi connectivity index (χ1n) is 18.3. The Morgan fingerprint density at radius 1 is 0.302 bits per heavy atom. The van der Waals surface area contributed by atoms with Gasteiger partial charge in [0.15, 0.2) is 0 Å². The topological polar surface area (TPSA) is 23.0 Å². The molecule has 53 heavy (non-hydrogen) atoms. The van der Waals surface area contributed by atoms with E-state index in [0.717, 1.165) is 27.9 Å². The van der Waals surface area contributed by atoms with Crippen molar-refractivity contribution in [2.45, 2.75) is 0 Å². The third-order valence-electron chi connectivity index (χ3n) is 11.8. The van der Waals surface area contributed by atoms with Crippen LogP contribution in [0.2, 0.25) is 0 Å². The van der Waals surface area contributed by atoms with Crippen molar-refractivity contribution in [2.75, 3.05) is 0 Å². The van der Waals surface area contributed by atoms with E-state index in [4.69, 9.17) is 4.42 Å². The molecule has 3 aromatic heterocycles. The molecule has 12 aromatic rings. The highest BCUT2D eigenvalue weighted by Crippen LogP contribution is 2.52. The van der Waals surface area contributed by atoms with Crippen LogP contribution >= 0.6 is 0 Å². The molecule has 3 heterocycles. The molecule has 1 aliphatic carbocycles. The molecule has 0 fully saturated rings. The maximum absolute atomic E-state index is 6.27. The fourth-order valence-corrected chi connectivity index (χ4v) is 9.74. The van der Waals surface area contributed by atoms with E-state index in [1.807, 2.05) is 6.07 Å². The lowest BCUT2D eigenvalue weighted by Crippen LogP contribution is -1.97. The fraction of sp³-hybridized carbons (Fsp3) is 0. The van der Waals surface area contributed by atoms with Gasteiger partial charge in [0.1, 0.15) is 11.2 Å². The summed E-state index contributed by atoms with van der Waals surface area (Å²) >= 11 is 0. The molecule has 3 nitrogen and oxygen atoms in total. The minimum absolute atomic E-state index is 0.924. The van der Waals surface area contributed by atoms with Gasteiger partial charge < -0.3 is 13.6 Å². The van der Waals surface area contributed by atoms with Crippen LogP contribution in [-0.2, 0) is 0 Å². The van der Waals surface area contributed by atoms with Crippen LogP contribution in [0.4, 0.5) is 0 Å². The van der Waals surface area contributed by atoms with Crippen LogP contribution in [0.15, 0.2) is 174 Å². The monoisotopic (exact) mass is 672 g/mol. The van der Waals surface area contributed by atoms with E-state index in [1.165, 1.54) is 92.8 Å². The highest BCUT2D eigenvalue weighted by molar-refractivity contribution is 6.29. The van der Waals surface area contributed by atoms with Crippen molar-refractivity contribution in [1.29, 1.82) is 0 Å². The summed E-state index contributed by atoms with van der Waals surface area (Å²) in [6.07, 6.45) is 0. The van der Waals surface area contributed by atoms with Crippen LogP contribution in [-0.4, -0.2) is 9.13 Å². The normalized spacial score (nSPS) is 12.5. The second kappa shape index (κ2) is 9.81. The number of hydrogen-bond donors (Lipinski definition) is 0. The molecule has 0 bridgehead atoms. The maximum Gasteiger partial charge on any atom is 0.136 e. The molecule has 0 saturated carbocycles. The lowest BCUT2D eigenvalue weighted by Gasteiger charge is -2.12. The Labute approximate surface area is 303 Å². The van der Waals surface area contributed by atoms with Crippen molar-refractivity contribution in [2.24, 2.45) is 0 Å². The molecule has 0 aliphatic heterocycles. The van der Waals surface area contributed by atoms with Crippen LogP contribution in [0.1, 0.15) is 0 Å². The first kappa shape index (κ1) is 27.6. The van der Waals surface area contributed by atoms with Gasteiger partial charge >= 0.3 is 0 Å². The van der Waals surface area contributed by atoms with Crippen molar-refractivity contribution in [3.63, 3.8) is 0 Å². The lowest BCUT2D eigenvalue weighted by atomic mass is 9.98. The Hall–Kier alpha value is -7.10. The van der Waals surface area contributed by atoms with E-state index < -0.39 is 0 Å². The average molecular weight is 673 g/mol. The van der Waals surface area contributed by atoms with Crippen LogP contribution in [0.3, 0.4) is 0 Å². The highest BCUT2D eigenvalue weighted by atomic mass is 16.3. The van der Waals surface area contributed by atoms with Crippen LogP contribution in [0, 0.1) is 0 Å². The van der Waals surface area contributed by atoms with Gasteiger partial charge in [-0.2, -0.15) is 0 Å². The third kappa shape index (κ3) is 3.44. The molecule has 244 valence electrons. The molecule has 0 amide bonds. The van der Waals surface area contributed by atoms with E-state index in [-0.39, 0.29) is 0 Å². The average Bonchev–Trinajstić information content (AvgIpc) is 3.95. The molecule has 13 rings (SSSR count). The molecule has 0 saturated heterocycles. The maximum atomic E-state index is 6.27. The molecular weight excluding hydrogens is 645 g/mol. The molecule has 1 aliphatic rings. The first-order valence-corrected chi connectivity index (χ1v) is 18.3. The second-order valence-corrected chi connectivity index (χ2v) is 14.4. The molecule has 0 N–H and O–H groups in total. The molecule has 3 heteroatoms. The zero-order chi connectivity index (χ0) is 34.4. The van der Waals surface area contributed by atoms with Gasteiger partial charge in [0, 0.05) is 49.3 Å². The summed E-state index contributed by atoms with van der Waals surface area (Å²) in [6, 6.07) is 62.2. The number of aromatic nitrogens is 2. The summed E-state index contributed by atoms with van der Waals surface area (Å²) in [4.78, 5) is 0. The van der Waals surface area contributed by atoms with E-state index in [2.05, 4.69) is 173 Å². The van der Waals surface area contributed by atoms with Crippen LogP contribution in [0.25, 0.3) is 121 Å². The van der Waals surface area contributed by atoms with Gasteiger partial charge in [-0.05, 0) is 105 Å². The largest absolute Gasteiger partial charge is 0.456 e. The minimum Gasteiger partial charge on any atom is -0.456 e. The first-order chi connectivity index (χ1) is 26.3. The van der Waals surface area contributed by atoms with Crippen molar-refractivity contribution >= 4 is 87.1 Å². The van der Waals surface area contributed by atoms with Gasteiger partial charge in [0.05, 0.1) is 22.1 Å². The van der Waals surface area contributed by atoms with E-state index in [1.54, 1.807) is 0 Å². The van der Waals surface area contributed by atoms with Crippen LogP contribution < -0.4 is 0 Å². The highest BCUT2D eigenvalue weighted by Gasteiger charge is 2.26. The smallest absolute Gasteiger partial charge is 0.136 e. The summed E-state index contributed by atoms with van der Waals surface area (Å²) in [6.45, 7) is 0. The van der Waals surface area contributed by atoms with Crippen molar-refractivity contribution in [1.82, 2.24) is 9.13 Å². The SMILES string of the molecule is c1cc2c3c(cccc3c1)-c1c-2ccc2c1c1ccccc1n2-c1ccc(-n2c3ccccc3c3c4ccc5oc6ccccc6c5c4ccc32)cc1. The predicted molar refractivity (Wildman–Crippen MR) is 222 cm³/mol. The molecular formula is C50H28N2O.